The summed E-state index contributed by atoms with van der Waals surface area (Å²) < 4.78 is 10.4. The Morgan fingerprint density at radius 1 is 1.14 bits per heavy atom. The SMILES string of the molecule is C/C=C\c1cc(C(=O)OC)ccc1N1C[C@H](C)N(C(=O)OC(C)(C)C)C[C@H]1C. The molecule has 1 aromatic rings. The van der Waals surface area contributed by atoms with Gasteiger partial charge >= 0.3 is 12.1 Å². The van der Waals surface area contributed by atoms with E-state index in [2.05, 4.69) is 11.8 Å². The third-order valence-electron chi connectivity index (χ3n) is 4.72. The highest BCUT2D eigenvalue weighted by atomic mass is 16.6. The molecule has 1 fully saturated rings. The molecule has 1 saturated heterocycles. The highest BCUT2D eigenvalue weighted by Gasteiger charge is 2.35. The molecule has 28 heavy (non-hydrogen) atoms. The van der Waals surface area contributed by atoms with Crippen LogP contribution in [0.2, 0.25) is 0 Å². The minimum Gasteiger partial charge on any atom is -0.465 e. The van der Waals surface area contributed by atoms with E-state index < -0.39 is 5.60 Å². The number of rotatable bonds is 3. The summed E-state index contributed by atoms with van der Waals surface area (Å²) in [6.45, 7) is 13.0. The molecule has 6 nitrogen and oxygen atoms in total. The number of hydrogen-bond acceptors (Lipinski definition) is 5. The molecule has 2 rings (SSSR count). The van der Waals surface area contributed by atoms with Crippen LogP contribution in [0.15, 0.2) is 24.3 Å². The van der Waals surface area contributed by atoms with Crippen LogP contribution in [-0.2, 0) is 9.47 Å². The van der Waals surface area contributed by atoms with Gasteiger partial charge in [-0.2, -0.15) is 0 Å². The monoisotopic (exact) mass is 388 g/mol. The second-order valence-corrected chi connectivity index (χ2v) is 8.25. The molecule has 0 saturated carbocycles. The Hall–Kier alpha value is -2.50. The van der Waals surface area contributed by atoms with Gasteiger partial charge in [0.15, 0.2) is 0 Å². The van der Waals surface area contributed by atoms with Gasteiger partial charge in [-0.1, -0.05) is 12.2 Å². The van der Waals surface area contributed by atoms with E-state index in [-0.39, 0.29) is 24.1 Å². The number of esters is 1. The van der Waals surface area contributed by atoms with Crippen molar-refractivity contribution in [2.24, 2.45) is 0 Å². The molecule has 2 atom stereocenters. The number of ether oxygens (including phenoxy) is 2. The molecule has 0 spiro atoms. The molecule has 1 heterocycles. The Labute approximate surface area is 168 Å². The highest BCUT2D eigenvalue weighted by molar-refractivity contribution is 5.91. The molecule has 0 aromatic heterocycles. The first kappa shape index (κ1) is 21.8. The Balaban J connectivity index is 2.27. The normalized spacial score (nSPS) is 20.4. The summed E-state index contributed by atoms with van der Waals surface area (Å²) >= 11 is 0. The van der Waals surface area contributed by atoms with Crippen LogP contribution in [0.3, 0.4) is 0 Å². The largest absolute Gasteiger partial charge is 0.465 e. The van der Waals surface area contributed by atoms with Crippen LogP contribution < -0.4 is 4.90 Å². The minimum absolute atomic E-state index is 0.00443. The Bertz CT molecular complexity index is 751. The van der Waals surface area contributed by atoms with Crippen molar-refractivity contribution in [1.82, 2.24) is 4.90 Å². The van der Waals surface area contributed by atoms with Gasteiger partial charge in [0, 0.05) is 30.9 Å². The van der Waals surface area contributed by atoms with Gasteiger partial charge in [-0.05, 0) is 65.3 Å². The van der Waals surface area contributed by atoms with Crippen LogP contribution in [0.1, 0.15) is 57.5 Å². The number of carbonyl (C=O) groups is 2. The molecule has 154 valence electrons. The molecule has 6 heteroatoms. The van der Waals surface area contributed by atoms with Gasteiger partial charge in [-0.25, -0.2) is 9.59 Å². The maximum absolute atomic E-state index is 12.6. The average molecular weight is 389 g/mol. The van der Waals surface area contributed by atoms with Gasteiger partial charge in [0.1, 0.15) is 5.60 Å². The summed E-state index contributed by atoms with van der Waals surface area (Å²) in [6, 6.07) is 5.69. The average Bonchev–Trinajstić information content (AvgIpc) is 2.61. The molecule has 0 N–H and O–H groups in total. The van der Waals surface area contributed by atoms with Gasteiger partial charge in [0.05, 0.1) is 12.7 Å². The highest BCUT2D eigenvalue weighted by Crippen LogP contribution is 2.29. The summed E-state index contributed by atoms with van der Waals surface area (Å²) in [5, 5.41) is 0. The minimum atomic E-state index is -0.514. The van der Waals surface area contributed by atoms with Gasteiger partial charge in [-0.3, -0.25) is 0 Å². The predicted molar refractivity (Wildman–Crippen MR) is 112 cm³/mol. The van der Waals surface area contributed by atoms with Crippen molar-refractivity contribution in [1.29, 1.82) is 0 Å². The molecule has 0 bridgehead atoms. The first-order valence-electron chi connectivity index (χ1n) is 9.68. The molecule has 1 aliphatic rings. The van der Waals surface area contributed by atoms with Crippen LogP contribution in [0.25, 0.3) is 6.08 Å². The topological polar surface area (TPSA) is 59.1 Å². The van der Waals surface area contributed by atoms with Crippen molar-refractivity contribution in [2.75, 3.05) is 25.1 Å². The van der Waals surface area contributed by atoms with E-state index in [4.69, 9.17) is 9.47 Å². The fourth-order valence-electron chi connectivity index (χ4n) is 3.41. The van der Waals surface area contributed by atoms with Crippen molar-refractivity contribution in [3.05, 3.63) is 35.4 Å². The smallest absolute Gasteiger partial charge is 0.410 e. The fraction of sp³-hybridized carbons (Fsp3) is 0.545. The van der Waals surface area contributed by atoms with Crippen LogP contribution in [-0.4, -0.2) is 54.8 Å². The van der Waals surface area contributed by atoms with Crippen molar-refractivity contribution >= 4 is 23.8 Å². The van der Waals surface area contributed by atoms with Crippen molar-refractivity contribution < 1.29 is 19.1 Å². The number of methoxy groups -OCH3 is 1. The number of hydrogen-bond donors (Lipinski definition) is 0. The molecule has 1 aliphatic heterocycles. The molecule has 0 aliphatic carbocycles. The summed E-state index contributed by atoms with van der Waals surface area (Å²) in [4.78, 5) is 28.5. The predicted octanol–water partition coefficient (Wildman–Crippen LogP) is 4.34. The molecule has 1 aromatic carbocycles. The lowest BCUT2D eigenvalue weighted by atomic mass is 10.0. The Morgan fingerprint density at radius 2 is 1.82 bits per heavy atom. The quantitative estimate of drug-likeness (QED) is 0.721. The third-order valence-corrected chi connectivity index (χ3v) is 4.72. The lowest BCUT2D eigenvalue weighted by molar-refractivity contribution is 0.0130. The lowest BCUT2D eigenvalue weighted by Crippen LogP contribution is -2.59. The first-order chi connectivity index (χ1) is 13.1. The second kappa shape index (κ2) is 8.67. The fourth-order valence-corrected chi connectivity index (χ4v) is 3.41. The zero-order valence-corrected chi connectivity index (χ0v) is 18.0. The summed E-state index contributed by atoms with van der Waals surface area (Å²) in [7, 11) is 1.38. The van der Waals surface area contributed by atoms with Crippen molar-refractivity contribution in [3.8, 4) is 0 Å². The summed E-state index contributed by atoms with van der Waals surface area (Å²) in [5.41, 5.74) is 2.00. The zero-order valence-electron chi connectivity index (χ0n) is 18.0. The maximum atomic E-state index is 12.6. The number of anilines is 1. The van der Waals surface area contributed by atoms with E-state index in [1.54, 1.807) is 11.0 Å². The molecule has 0 unspecified atom stereocenters. The Morgan fingerprint density at radius 3 is 2.39 bits per heavy atom. The summed E-state index contributed by atoms with van der Waals surface area (Å²) in [6.07, 6.45) is 3.66. The lowest BCUT2D eigenvalue weighted by Gasteiger charge is -2.45. The number of piperazine rings is 1. The van der Waals surface area contributed by atoms with Gasteiger partial charge in [0.2, 0.25) is 0 Å². The van der Waals surface area contributed by atoms with Crippen molar-refractivity contribution in [3.63, 3.8) is 0 Å². The van der Waals surface area contributed by atoms with E-state index >= 15 is 0 Å². The number of allylic oxidation sites excluding steroid dienone is 1. The summed E-state index contributed by atoms with van der Waals surface area (Å²) in [5.74, 6) is -0.353. The molecular weight excluding hydrogens is 356 g/mol. The number of amides is 1. The number of carbonyl (C=O) groups excluding carboxylic acids is 2. The van der Waals surface area contributed by atoms with E-state index in [0.717, 1.165) is 11.3 Å². The molecule has 0 radical (unpaired) electrons. The first-order valence-corrected chi connectivity index (χ1v) is 9.68. The van der Waals surface area contributed by atoms with Crippen LogP contribution in [0.4, 0.5) is 10.5 Å². The van der Waals surface area contributed by atoms with E-state index in [9.17, 15) is 9.59 Å². The molecule has 1 amide bonds. The van der Waals surface area contributed by atoms with Gasteiger partial charge in [0.25, 0.3) is 0 Å². The van der Waals surface area contributed by atoms with Crippen molar-refractivity contribution in [2.45, 2.75) is 59.2 Å². The van der Waals surface area contributed by atoms with Gasteiger partial charge < -0.3 is 19.3 Å². The maximum Gasteiger partial charge on any atom is 0.410 e. The number of benzene rings is 1. The van der Waals surface area contributed by atoms with E-state index in [1.165, 1.54) is 7.11 Å². The standard InChI is InChI=1S/C22H32N2O4/c1-8-9-17-12-18(20(25)27-7)10-11-19(17)23-13-16(3)24(14-15(23)2)21(26)28-22(4,5)6/h8-12,15-16H,13-14H2,1-7H3/b9-8-/t15-,16+/m1/s1. The Kier molecular flexibility index (Phi) is 6.75. The van der Waals surface area contributed by atoms with Crippen LogP contribution in [0, 0.1) is 0 Å². The van der Waals surface area contributed by atoms with E-state index in [1.807, 2.05) is 58.9 Å². The van der Waals surface area contributed by atoms with Crippen LogP contribution in [0.5, 0.6) is 0 Å². The van der Waals surface area contributed by atoms with Crippen LogP contribution >= 0.6 is 0 Å². The zero-order chi connectivity index (χ0) is 21.1. The third kappa shape index (κ3) is 5.06. The van der Waals surface area contributed by atoms with Gasteiger partial charge in [-0.15, -0.1) is 0 Å². The molecular formula is C22H32N2O4. The number of nitrogens with zero attached hydrogens (tertiary/aromatic N) is 2. The van der Waals surface area contributed by atoms with E-state index in [0.29, 0.717) is 18.7 Å². The second-order valence-electron chi connectivity index (χ2n) is 8.25.